The van der Waals surface area contributed by atoms with E-state index < -0.39 is 0 Å². The highest BCUT2D eigenvalue weighted by molar-refractivity contribution is 9.10. The van der Waals surface area contributed by atoms with Crippen LogP contribution in [0.15, 0.2) is 53.0 Å². The molecule has 0 atom stereocenters. The zero-order valence-corrected chi connectivity index (χ0v) is 12.1. The standard InChI is InChI=1S/C16H8BrClO/c17-13-5-2-4-11-12-8-10(18)7-9-3-1-6-14(15(9)12)19-16(11)13/h1-8H. The Morgan fingerprint density at radius 2 is 1.79 bits per heavy atom. The summed E-state index contributed by atoms with van der Waals surface area (Å²) in [5, 5.41) is 2.97. The molecule has 3 aromatic carbocycles. The van der Waals surface area contributed by atoms with Gasteiger partial charge in [0.2, 0.25) is 0 Å². The molecule has 0 radical (unpaired) electrons. The Morgan fingerprint density at radius 3 is 2.68 bits per heavy atom. The predicted octanol–water partition coefficient (Wildman–Crippen LogP) is 6.03. The van der Waals surface area contributed by atoms with Gasteiger partial charge < -0.3 is 4.74 Å². The molecular weight excluding hydrogens is 324 g/mol. The Labute approximate surface area is 123 Å². The first-order valence-corrected chi connectivity index (χ1v) is 7.10. The molecule has 0 amide bonds. The average molecular weight is 332 g/mol. The van der Waals surface area contributed by atoms with Gasteiger partial charge in [-0.25, -0.2) is 0 Å². The highest BCUT2D eigenvalue weighted by Crippen LogP contribution is 2.49. The smallest absolute Gasteiger partial charge is 0.149 e. The molecule has 92 valence electrons. The molecule has 0 aliphatic carbocycles. The SMILES string of the molecule is Clc1cc2c3c(cccc3c1)Oc1c(Br)cccc1-2. The van der Waals surface area contributed by atoms with E-state index in [1.807, 2.05) is 36.4 Å². The fourth-order valence-electron chi connectivity index (χ4n) is 2.59. The summed E-state index contributed by atoms with van der Waals surface area (Å²) in [6.45, 7) is 0. The van der Waals surface area contributed by atoms with E-state index in [0.29, 0.717) is 0 Å². The molecule has 1 aliphatic rings. The van der Waals surface area contributed by atoms with Crippen molar-refractivity contribution in [2.75, 3.05) is 0 Å². The second-order valence-electron chi connectivity index (χ2n) is 4.53. The molecular formula is C16H8BrClO. The van der Waals surface area contributed by atoms with Gasteiger partial charge >= 0.3 is 0 Å². The third-order valence-electron chi connectivity index (χ3n) is 3.37. The van der Waals surface area contributed by atoms with E-state index in [1.54, 1.807) is 0 Å². The van der Waals surface area contributed by atoms with Gasteiger partial charge in [-0.15, -0.1) is 0 Å². The van der Waals surface area contributed by atoms with Crippen molar-refractivity contribution in [1.82, 2.24) is 0 Å². The molecule has 0 saturated carbocycles. The van der Waals surface area contributed by atoms with Crippen LogP contribution in [0.4, 0.5) is 0 Å². The largest absolute Gasteiger partial charge is 0.455 e. The summed E-state index contributed by atoms with van der Waals surface area (Å²) in [5.74, 6) is 1.73. The molecule has 1 heterocycles. The molecule has 3 aromatic rings. The quantitative estimate of drug-likeness (QED) is 0.382. The summed E-state index contributed by atoms with van der Waals surface area (Å²) >= 11 is 9.78. The Kier molecular flexibility index (Phi) is 2.38. The highest BCUT2D eigenvalue weighted by atomic mass is 79.9. The maximum absolute atomic E-state index is 6.23. The number of hydrogen-bond donors (Lipinski definition) is 0. The molecule has 0 fully saturated rings. The first-order valence-electron chi connectivity index (χ1n) is 5.93. The third-order valence-corrected chi connectivity index (χ3v) is 4.22. The summed E-state index contributed by atoms with van der Waals surface area (Å²) in [5.41, 5.74) is 2.20. The zero-order chi connectivity index (χ0) is 13.0. The van der Waals surface area contributed by atoms with Crippen molar-refractivity contribution in [3.63, 3.8) is 0 Å². The van der Waals surface area contributed by atoms with Crippen LogP contribution in [0.3, 0.4) is 0 Å². The number of hydrogen-bond acceptors (Lipinski definition) is 1. The molecule has 1 aliphatic heterocycles. The van der Waals surface area contributed by atoms with E-state index in [4.69, 9.17) is 16.3 Å². The lowest BCUT2D eigenvalue weighted by Gasteiger charge is -2.22. The van der Waals surface area contributed by atoms with Gasteiger partial charge in [0.1, 0.15) is 11.5 Å². The van der Waals surface area contributed by atoms with Crippen LogP contribution < -0.4 is 4.74 Å². The normalized spacial score (nSPS) is 12.1. The predicted molar refractivity (Wildman–Crippen MR) is 82.2 cm³/mol. The fraction of sp³-hybridized carbons (Fsp3) is 0. The third kappa shape index (κ3) is 1.60. The van der Waals surface area contributed by atoms with Crippen molar-refractivity contribution in [2.45, 2.75) is 0 Å². The van der Waals surface area contributed by atoms with Crippen molar-refractivity contribution in [2.24, 2.45) is 0 Å². The molecule has 19 heavy (non-hydrogen) atoms. The van der Waals surface area contributed by atoms with E-state index in [9.17, 15) is 0 Å². The lowest BCUT2D eigenvalue weighted by Crippen LogP contribution is -1.97. The molecule has 0 unspecified atom stereocenters. The van der Waals surface area contributed by atoms with Gasteiger partial charge in [-0.1, -0.05) is 35.9 Å². The minimum Gasteiger partial charge on any atom is -0.455 e. The van der Waals surface area contributed by atoms with Crippen LogP contribution >= 0.6 is 27.5 Å². The number of fused-ring (bicyclic) bond motifs is 2. The van der Waals surface area contributed by atoms with E-state index in [0.717, 1.165) is 42.9 Å². The molecule has 0 spiro atoms. The maximum Gasteiger partial charge on any atom is 0.149 e. The van der Waals surface area contributed by atoms with Gasteiger partial charge in [-0.3, -0.25) is 0 Å². The van der Waals surface area contributed by atoms with E-state index in [2.05, 4.69) is 28.1 Å². The lowest BCUT2D eigenvalue weighted by atomic mass is 9.95. The van der Waals surface area contributed by atoms with Crippen LogP contribution in [0.25, 0.3) is 21.9 Å². The molecule has 0 N–H and O–H groups in total. The lowest BCUT2D eigenvalue weighted by molar-refractivity contribution is 0.484. The first-order chi connectivity index (χ1) is 9.24. The van der Waals surface area contributed by atoms with Crippen molar-refractivity contribution in [3.05, 3.63) is 58.0 Å². The van der Waals surface area contributed by atoms with Crippen molar-refractivity contribution in [1.29, 1.82) is 0 Å². The van der Waals surface area contributed by atoms with Crippen LogP contribution in [0.5, 0.6) is 11.5 Å². The monoisotopic (exact) mass is 330 g/mol. The Bertz CT molecular complexity index is 826. The Hall–Kier alpha value is -1.51. The molecule has 1 nitrogen and oxygen atoms in total. The van der Waals surface area contributed by atoms with Crippen molar-refractivity contribution in [3.8, 4) is 22.6 Å². The highest BCUT2D eigenvalue weighted by Gasteiger charge is 2.21. The average Bonchev–Trinajstić information content (AvgIpc) is 2.40. The zero-order valence-electron chi connectivity index (χ0n) is 9.78. The molecule has 0 bridgehead atoms. The van der Waals surface area contributed by atoms with Crippen LogP contribution in [-0.4, -0.2) is 0 Å². The van der Waals surface area contributed by atoms with Gasteiger partial charge in [0, 0.05) is 16.0 Å². The molecule has 4 rings (SSSR count). The summed E-state index contributed by atoms with van der Waals surface area (Å²) in [6, 6.07) is 16.0. The first kappa shape index (κ1) is 11.3. The Morgan fingerprint density at radius 1 is 0.947 bits per heavy atom. The van der Waals surface area contributed by atoms with Crippen LogP contribution in [-0.2, 0) is 0 Å². The number of rotatable bonds is 0. The van der Waals surface area contributed by atoms with Gasteiger partial charge in [-0.05, 0) is 51.1 Å². The van der Waals surface area contributed by atoms with Gasteiger partial charge in [-0.2, -0.15) is 0 Å². The van der Waals surface area contributed by atoms with Gasteiger partial charge in [0.15, 0.2) is 0 Å². The van der Waals surface area contributed by atoms with Gasteiger partial charge in [0.25, 0.3) is 0 Å². The Balaban J connectivity index is 2.21. The fourth-order valence-corrected chi connectivity index (χ4v) is 3.26. The van der Waals surface area contributed by atoms with Crippen molar-refractivity contribution < 1.29 is 4.74 Å². The summed E-state index contributed by atoms with van der Waals surface area (Å²) < 4.78 is 6.98. The summed E-state index contributed by atoms with van der Waals surface area (Å²) in [4.78, 5) is 0. The number of halogens is 2. The van der Waals surface area contributed by atoms with Crippen molar-refractivity contribution >= 4 is 38.3 Å². The topological polar surface area (TPSA) is 9.23 Å². The maximum atomic E-state index is 6.23. The van der Waals surface area contributed by atoms with E-state index in [-0.39, 0.29) is 0 Å². The second-order valence-corrected chi connectivity index (χ2v) is 5.82. The second kappa shape index (κ2) is 3.99. The molecule has 3 heteroatoms. The van der Waals surface area contributed by atoms with Crippen LogP contribution in [0, 0.1) is 0 Å². The van der Waals surface area contributed by atoms with Crippen LogP contribution in [0.2, 0.25) is 5.02 Å². The van der Waals surface area contributed by atoms with Crippen LogP contribution in [0.1, 0.15) is 0 Å². The van der Waals surface area contributed by atoms with E-state index in [1.165, 1.54) is 0 Å². The summed E-state index contributed by atoms with van der Waals surface area (Å²) in [7, 11) is 0. The molecule has 0 saturated heterocycles. The molecule has 0 aromatic heterocycles. The number of para-hydroxylation sites is 1. The minimum absolute atomic E-state index is 0.743. The summed E-state index contributed by atoms with van der Waals surface area (Å²) in [6.07, 6.45) is 0. The minimum atomic E-state index is 0.743. The number of ether oxygens (including phenoxy) is 1. The van der Waals surface area contributed by atoms with Gasteiger partial charge in [0.05, 0.1) is 4.47 Å². The van der Waals surface area contributed by atoms with E-state index >= 15 is 0 Å². The number of benzene rings is 3.